The molecular formula is C10H12ClN3O. The topological polar surface area (TPSA) is 46.1 Å². The maximum Gasteiger partial charge on any atom is 0.232 e. The first kappa shape index (κ1) is 10.4. The van der Waals surface area contributed by atoms with Gasteiger partial charge in [-0.25, -0.2) is 9.97 Å². The van der Waals surface area contributed by atoms with E-state index in [1.165, 1.54) is 0 Å². The molecule has 1 aromatic rings. The third kappa shape index (κ3) is 2.09. The van der Waals surface area contributed by atoms with Gasteiger partial charge in [-0.15, -0.1) is 11.6 Å². The van der Waals surface area contributed by atoms with Crippen molar-refractivity contribution in [2.45, 2.75) is 13.3 Å². The number of anilines is 1. The number of alkyl halides is 1. The molecule has 15 heavy (non-hydrogen) atoms. The van der Waals surface area contributed by atoms with Crippen LogP contribution in [-0.4, -0.2) is 28.3 Å². The first-order valence-corrected chi connectivity index (χ1v) is 5.39. The molecule has 80 valence electrons. The molecule has 1 aliphatic heterocycles. The molecule has 0 radical (unpaired) electrons. The maximum absolute atomic E-state index is 11.6. The van der Waals surface area contributed by atoms with Gasteiger partial charge in [0.2, 0.25) is 11.9 Å². The zero-order valence-electron chi connectivity index (χ0n) is 8.48. The Hall–Kier alpha value is -1.16. The molecular weight excluding hydrogens is 214 g/mol. The Labute approximate surface area is 93.3 Å². The number of aromatic nitrogens is 2. The summed E-state index contributed by atoms with van der Waals surface area (Å²) in [6.07, 6.45) is 3.92. The van der Waals surface area contributed by atoms with Crippen molar-refractivity contribution >= 4 is 23.5 Å². The van der Waals surface area contributed by atoms with E-state index in [1.807, 2.05) is 6.92 Å². The fourth-order valence-corrected chi connectivity index (χ4v) is 1.81. The van der Waals surface area contributed by atoms with Crippen molar-refractivity contribution in [3.63, 3.8) is 0 Å². The van der Waals surface area contributed by atoms with Gasteiger partial charge < -0.3 is 0 Å². The van der Waals surface area contributed by atoms with Crippen LogP contribution in [0.4, 0.5) is 5.95 Å². The lowest BCUT2D eigenvalue weighted by atomic mass is 10.2. The Balaban J connectivity index is 2.18. The molecule has 0 bridgehead atoms. The van der Waals surface area contributed by atoms with Crippen LogP contribution in [0.3, 0.4) is 0 Å². The van der Waals surface area contributed by atoms with Gasteiger partial charge in [0.1, 0.15) is 0 Å². The van der Waals surface area contributed by atoms with Gasteiger partial charge >= 0.3 is 0 Å². The predicted octanol–water partition coefficient (Wildman–Crippen LogP) is 1.38. The second-order valence-corrected chi connectivity index (χ2v) is 4.10. The lowest BCUT2D eigenvalue weighted by Crippen LogP contribution is -2.26. The molecule has 5 heteroatoms. The summed E-state index contributed by atoms with van der Waals surface area (Å²) in [5.41, 5.74) is 0.985. The molecule has 0 spiro atoms. The fourth-order valence-electron chi connectivity index (χ4n) is 1.60. The molecule has 0 saturated carbocycles. The van der Waals surface area contributed by atoms with Crippen molar-refractivity contribution in [3.05, 3.63) is 18.0 Å². The zero-order chi connectivity index (χ0) is 10.8. The smallest absolute Gasteiger partial charge is 0.232 e. The molecule has 2 heterocycles. The molecule has 1 saturated heterocycles. The van der Waals surface area contributed by atoms with Gasteiger partial charge in [0.15, 0.2) is 0 Å². The van der Waals surface area contributed by atoms with E-state index in [9.17, 15) is 4.79 Å². The number of carbonyl (C=O) groups excluding carboxylic acids is 1. The summed E-state index contributed by atoms with van der Waals surface area (Å²) in [5.74, 6) is 1.28. The minimum atomic E-state index is 0.0597. The number of rotatable bonds is 2. The quantitative estimate of drug-likeness (QED) is 0.715. The summed E-state index contributed by atoms with van der Waals surface area (Å²) in [4.78, 5) is 21.5. The van der Waals surface area contributed by atoms with Gasteiger partial charge in [-0.3, -0.25) is 9.69 Å². The van der Waals surface area contributed by atoms with Gasteiger partial charge in [-0.05, 0) is 18.4 Å². The average Bonchev–Trinajstić information content (AvgIpc) is 2.61. The number of nitrogens with zero attached hydrogens (tertiary/aromatic N) is 3. The Morgan fingerprint density at radius 1 is 1.53 bits per heavy atom. The van der Waals surface area contributed by atoms with Crippen LogP contribution in [0.15, 0.2) is 12.4 Å². The van der Waals surface area contributed by atoms with E-state index in [0.717, 1.165) is 5.56 Å². The molecule has 1 aliphatic rings. The lowest BCUT2D eigenvalue weighted by Gasteiger charge is -2.13. The highest BCUT2D eigenvalue weighted by Gasteiger charge is 2.31. The Morgan fingerprint density at radius 2 is 2.20 bits per heavy atom. The first-order valence-electron chi connectivity index (χ1n) is 4.85. The molecule has 1 atom stereocenters. The van der Waals surface area contributed by atoms with E-state index >= 15 is 0 Å². The van der Waals surface area contributed by atoms with Crippen LogP contribution < -0.4 is 4.90 Å². The number of carbonyl (C=O) groups is 1. The van der Waals surface area contributed by atoms with Crippen LogP contribution in [-0.2, 0) is 4.79 Å². The molecule has 0 N–H and O–H groups in total. The van der Waals surface area contributed by atoms with Crippen LogP contribution in [0, 0.1) is 12.8 Å². The number of hydrogen-bond donors (Lipinski definition) is 0. The van der Waals surface area contributed by atoms with Gasteiger partial charge in [0.05, 0.1) is 0 Å². The van der Waals surface area contributed by atoms with Crippen LogP contribution >= 0.6 is 11.6 Å². The Kier molecular flexibility index (Phi) is 2.86. The number of hydrogen-bond acceptors (Lipinski definition) is 3. The van der Waals surface area contributed by atoms with Crippen molar-refractivity contribution < 1.29 is 4.79 Å². The van der Waals surface area contributed by atoms with E-state index in [0.29, 0.717) is 24.8 Å². The Bertz CT molecular complexity index is 365. The Morgan fingerprint density at radius 3 is 2.73 bits per heavy atom. The fraction of sp³-hybridized carbons (Fsp3) is 0.500. The van der Waals surface area contributed by atoms with Crippen molar-refractivity contribution in [3.8, 4) is 0 Å². The average molecular weight is 226 g/mol. The van der Waals surface area contributed by atoms with Gasteiger partial charge in [-0.1, -0.05) is 0 Å². The van der Waals surface area contributed by atoms with E-state index < -0.39 is 0 Å². The molecule has 1 aromatic heterocycles. The van der Waals surface area contributed by atoms with E-state index in [1.54, 1.807) is 17.3 Å². The monoisotopic (exact) mass is 225 g/mol. The van der Waals surface area contributed by atoms with E-state index in [4.69, 9.17) is 11.6 Å². The van der Waals surface area contributed by atoms with Crippen LogP contribution in [0.2, 0.25) is 0 Å². The minimum Gasteiger partial charge on any atom is -0.280 e. The maximum atomic E-state index is 11.6. The third-order valence-corrected chi connectivity index (χ3v) is 2.87. The highest BCUT2D eigenvalue weighted by molar-refractivity contribution is 6.18. The van der Waals surface area contributed by atoms with Crippen LogP contribution in [0.1, 0.15) is 12.0 Å². The van der Waals surface area contributed by atoms with Crippen LogP contribution in [0.25, 0.3) is 0 Å². The molecule has 0 aromatic carbocycles. The predicted molar refractivity (Wildman–Crippen MR) is 57.9 cm³/mol. The molecule has 1 amide bonds. The molecule has 1 unspecified atom stereocenters. The highest BCUT2D eigenvalue weighted by atomic mass is 35.5. The standard InChI is InChI=1S/C10H12ClN3O/c1-7-4-12-10(13-5-7)14-6-8(3-11)2-9(14)15/h4-5,8H,2-3,6H2,1H3. The van der Waals surface area contributed by atoms with Crippen molar-refractivity contribution in [1.29, 1.82) is 0 Å². The minimum absolute atomic E-state index is 0.0597. The summed E-state index contributed by atoms with van der Waals surface area (Å²) in [6.45, 7) is 2.54. The van der Waals surface area contributed by atoms with Crippen LogP contribution in [0.5, 0.6) is 0 Å². The number of halogens is 1. The van der Waals surface area contributed by atoms with Crippen molar-refractivity contribution in [1.82, 2.24) is 9.97 Å². The van der Waals surface area contributed by atoms with Crippen molar-refractivity contribution in [2.24, 2.45) is 5.92 Å². The van der Waals surface area contributed by atoms with Gasteiger partial charge in [0.25, 0.3) is 0 Å². The zero-order valence-corrected chi connectivity index (χ0v) is 9.24. The third-order valence-electron chi connectivity index (χ3n) is 2.43. The van der Waals surface area contributed by atoms with Gasteiger partial charge in [0, 0.05) is 31.2 Å². The SMILES string of the molecule is Cc1cnc(N2CC(CCl)CC2=O)nc1. The lowest BCUT2D eigenvalue weighted by molar-refractivity contribution is -0.117. The summed E-state index contributed by atoms with van der Waals surface area (Å²) >= 11 is 5.73. The van der Waals surface area contributed by atoms with Gasteiger partial charge in [-0.2, -0.15) is 0 Å². The molecule has 0 aliphatic carbocycles. The molecule has 1 fully saturated rings. The second kappa shape index (κ2) is 4.14. The molecule has 2 rings (SSSR count). The number of aryl methyl sites for hydroxylation is 1. The summed E-state index contributed by atoms with van der Waals surface area (Å²) in [5, 5.41) is 0. The van der Waals surface area contributed by atoms with E-state index in [-0.39, 0.29) is 11.8 Å². The van der Waals surface area contributed by atoms with E-state index in [2.05, 4.69) is 9.97 Å². The second-order valence-electron chi connectivity index (χ2n) is 3.79. The molecule has 4 nitrogen and oxygen atoms in total. The highest BCUT2D eigenvalue weighted by Crippen LogP contribution is 2.22. The normalized spacial score (nSPS) is 21.1. The van der Waals surface area contributed by atoms with Crippen molar-refractivity contribution in [2.75, 3.05) is 17.3 Å². The summed E-state index contributed by atoms with van der Waals surface area (Å²) < 4.78 is 0. The summed E-state index contributed by atoms with van der Waals surface area (Å²) in [7, 11) is 0. The first-order chi connectivity index (χ1) is 7.20. The largest absolute Gasteiger partial charge is 0.280 e. The summed E-state index contributed by atoms with van der Waals surface area (Å²) in [6, 6.07) is 0. The number of amides is 1.